The third-order valence-electron chi connectivity index (χ3n) is 4.13. The van der Waals surface area contributed by atoms with E-state index in [9.17, 15) is 26.7 Å². The average molecular weight is 369 g/mol. The second-order valence-electron chi connectivity index (χ2n) is 6.60. The van der Waals surface area contributed by atoms with E-state index >= 15 is 0 Å². The molecule has 1 saturated carbocycles. The lowest BCUT2D eigenvalue weighted by Gasteiger charge is -2.34. The first kappa shape index (κ1) is 19.5. The average Bonchev–Trinajstić information content (AvgIpc) is 2.71. The molecule has 1 amide bonds. The molecule has 1 aromatic rings. The molecule has 1 fully saturated rings. The molecule has 2 rings (SSSR count). The molecule has 0 aromatic carbocycles. The molecular formula is C15H20F5N3O2. The predicted molar refractivity (Wildman–Crippen MR) is 79.8 cm³/mol. The zero-order valence-corrected chi connectivity index (χ0v) is 14.2. The highest BCUT2D eigenvalue weighted by Gasteiger charge is 2.48. The van der Waals surface area contributed by atoms with Crippen molar-refractivity contribution in [3.63, 3.8) is 0 Å². The molecule has 0 radical (unpaired) electrons. The lowest BCUT2D eigenvalue weighted by molar-refractivity contribution is -0.196. The van der Waals surface area contributed by atoms with E-state index in [0.29, 0.717) is 18.2 Å². The Morgan fingerprint density at radius 3 is 2.32 bits per heavy atom. The number of ether oxygens (including phenoxy) is 1. The molecule has 0 spiro atoms. The van der Waals surface area contributed by atoms with Gasteiger partial charge in [-0.3, -0.25) is 10.00 Å². The Bertz CT molecular complexity index is 646. The number of anilines is 1. The minimum atomic E-state index is -4.67. The van der Waals surface area contributed by atoms with Gasteiger partial charge in [0.2, 0.25) is 5.92 Å². The number of carbonyl (C=O) groups excluding carboxylic acids is 1. The van der Waals surface area contributed by atoms with Crippen molar-refractivity contribution >= 4 is 11.9 Å². The highest BCUT2D eigenvalue weighted by molar-refractivity contribution is 5.85. The number of aryl methyl sites for hydroxylation is 1. The summed E-state index contributed by atoms with van der Waals surface area (Å²) in [6.45, 7) is 4.28. The zero-order valence-electron chi connectivity index (χ0n) is 14.2. The minimum absolute atomic E-state index is 0.152. The van der Waals surface area contributed by atoms with Crippen LogP contribution in [-0.4, -0.2) is 34.1 Å². The molecular weight excluding hydrogens is 349 g/mol. The second kappa shape index (κ2) is 6.45. The van der Waals surface area contributed by atoms with Gasteiger partial charge >= 0.3 is 12.3 Å². The van der Waals surface area contributed by atoms with Crippen LogP contribution in [-0.2, 0) is 11.8 Å². The van der Waals surface area contributed by atoms with Crippen molar-refractivity contribution in [2.24, 2.45) is 7.05 Å². The van der Waals surface area contributed by atoms with E-state index < -0.39 is 30.2 Å². The van der Waals surface area contributed by atoms with Gasteiger partial charge in [-0.2, -0.15) is 18.3 Å². The van der Waals surface area contributed by atoms with Gasteiger partial charge < -0.3 is 4.74 Å². The molecule has 0 bridgehead atoms. The normalized spacial score (nSPS) is 18.8. The van der Waals surface area contributed by atoms with Crippen LogP contribution in [0, 0.1) is 0 Å². The third-order valence-corrected chi connectivity index (χ3v) is 4.13. The largest absolute Gasteiger partial charge is 0.437 e. The quantitative estimate of drug-likeness (QED) is 0.792. The van der Waals surface area contributed by atoms with Gasteiger partial charge in [-0.25, -0.2) is 13.6 Å². The van der Waals surface area contributed by atoms with Gasteiger partial charge in [0.25, 0.3) is 0 Å². The highest BCUT2D eigenvalue weighted by atomic mass is 19.4. The molecule has 25 heavy (non-hydrogen) atoms. The number of hydrogen-bond donors (Lipinski definition) is 1. The Kier molecular flexibility index (Phi) is 5.02. The number of aromatic nitrogens is 2. The SMILES string of the molecule is CC(C)c1c(C2CC(F)(F)C2)nn(C)c1NC(=O)O[C@H](C)C(F)(F)F. The number of alkyl halides is 5. The summed E-state index contributed by atoms with van der Waals surface area (Å²) in [6.07, 6.45) is -8.89. The molecule has 1 aliphatic carbocycles. The van der Waals surface area contributed by atoms with Gasteiger partial charge in [0.15, 0.2) is 6.10 Å². The van der Waals surface area contributed by atoms with E-state index in [2.05, 4.69) is 15.2 Å². The molecule has 1 aliphatic rings. The Morgan fingerprint density at radius 2 is 1.88 bits per heavy atom. The van der Waals surface area contributed by atoms with Crippen LogP contribution in [0.3, 0.4) is 0 Å². The number of halogens is 5. The van der Waals surface area contributed by atoms with Crippen LogP contribution in [0.25, 0.3) is 0 Å². The highest BCUT2D eigenvalue weighted by Crippen LogP contribution is 2.50. The van der Waals surface area contributed by atoms with E-state index in [0.717, 1.165) is 0 Å². The van der Waals surface area contributed by atoms with Crippen LogP contribution in [0.5, 0.6) is 0 Å². The Balaban J connectivity index is 2.20. The Hall–Kier alpha value is -1.87. The lowest BCUT2D eigenvalue weighted by atomic mass is 9.77. The molecule has 10 heteroatoms. The summed E-state index contributed by atoms with van der Waals surface area (Å²) in [5.41, 5.74) is 0.960. The summed E-state index contributed by atoms with van der Waals surface area (Å²) in [5.74, 6) is -3.20. The van der Waals surface area contributed by atoms with Crippen LogP contribution in [0.15, 0.2) is 0 Å². The molecule has 0 aliphatic heterocycles. The maximum Gasteiger partial charge on any atom is 0.425 e. The summed E-state index contributed by atoms with van der Waals surface area (Å²) in [5, 5.41) is 6.45. The van der Waals surface area contributed by atoms with E-state index in [1.807, 2.05) is 0 Å². The van der Waals surface area contributed by atoms with Gasteiger partial charge in [-0.05, 0) is 12.8 Å². The van der Waals surface area contributed by atoms with E-state index in [1.165, 1.54) is 11.7 Å². The Labute approximate surface area is 141 Å². The summed E-state index contributed by atoms with van der Waals surface area (Å²) < 4.78 is 69.3. The minimum Gasteiger partial charge on any atom is -0.437 e. The van der Waals surface area contributed by atoms with Crippen molar-refractivity contribution < 1.29 is 31.5 Å². The fourth-order valence-corrected chi connectivity index (χ4v) is 2.79. The van der Waals surface area contributed by atoms with Crippen LogP contribution in [0.1, 0.15) is 56.7 Å². The van der Waals surface area contributed by atoms with Crippen LogP contribution < -0.4 is 5.32 Å². The molecule has 1 N–H and O–H groups in total. The smallest absolute Gasteiger partial charge is 0.425 e. The summed E-state index contributed by atoms with van der Waals surface area (Å²) in [7, 11) is 1.48. The molecule has 142 valence electrons. The number of amides is 1. The predicted octanol–water partition coefficient (Wildman–Crippen LogP) is 4.56. The topological polar surface area (TPSA) is 56.2 Å². The number of carbonyl (C=O) groups is 1. The van der Waals surface area contributed by atoms with Crippen molar-refractivity contribution in [2.45, 2.75) is 63.7 Å². The number of nitrogens with one attached hydrogen (secondary N) is 1. The maximum absolute atomic E-state index is 13.1. The number of hydrogen-bond acceptors (Lipinski definition) is 3. The maximum atomic E-state index is 13.1. The first-order valence-corrected chi connectivity index (χ1v) is 7.80. The van der Waals surface area contributed by atoms with Crippen LogP contribution in [0.4, 0.5) is 32.6 Å². The summed E-state index contributed by atoms with van der Waals surface area (Å²) in [6, 6.07) is 0. The fourth-order valence-electron chi connectivity index (χ4n) is 2.79. The zero-order chi connectivity index (χ0) is 19.2. The van der Waals surface area contributed by atoms with Gasteiger partial charge in [0, 0.05) is 31.4 Å². The van der Waals surface area contributed by atoms with Crippen molar-refractivity contribution in [1.29, 1.82) is 0 Å². The third kappa shape index (κ3) is 4.21. The summed E-state index contributed by atoms with van der Waals surface area (Å²) in [4.78, 5) is 11.8. The van der Waals surface area contributed by atoms with Crippen molar-refractivity contribution in [2.75, 3.05) is 5.32 Å². The molecule has 1 aromatic heterocycles. The van der Waals surface area contributed by atoms with Crippen molar-refractivity contribution in [3.05, 3.63) is 11.3 Å². The standard InChI is InChI=1S/C15H20F5N3O2/c1-7(2)10-11(9-5-14(16,17)6-9)22-23(4)12(10)21-13(24)25-8(3)15(18,19)20/h7-9H,5-6H2,1-4H3,(H,21,24)/t8-/m1/s1. The van der Waals surface area contributed by atoms with E-state index in [1.54, 1.807) is 13.8 Å². The molecule has 1 atom stereocenters. The second-order valence-corrected chi connectivity index (χ2v) is 6.60. The van der Waals surface area contributed by atoms with Crippen molar-refractivity contribution in [3.8, 4) is 0 Å². The monoisotopic (exact) mass is 369 g/mol. The first-order valence-electron chi connectivity index (χ1n) is 7.80. The molecule has 0 unspecified atom stereocenters. The van der Waals surface area contributed by atoms with Gasteiger partial charge in [0.1, 0.15) is 5.82 Å². The van der Waals surface area contributed by atoms with Crippen LogP contribution in [0.2, 0.25) is 0 Å². The van der Waals surface area contributed by atoms with E-state index in [-0.39, 0.29) is 24.6 Å². The van der Waals surface area contributed by atoms with E-state index in [4.69, 9.17) is 0 Å². The van der Waals surface area contributed by atoms with Gasteiger partial charge in [-0.1, -0.05) is 13.8 Å². The molecule has 0 saturated heterocycles. The fraction of sp³-hybridized carbons (Fsp3) is 0.733. The number of rotatable bonds is 4. The van der Waals surface area contributed by atoms with Gasteiger partial charge in [0.05, 0.1) is 5.69 Å². The first-order chi connectivity index (χ1) is 11.3. The number of nitrogens with zero attached hydrogens (tertiary/aromatic N) is 2. The molecule has 5 nitrogen and oxygen atoms in total. The van der Waals surface area contributed by atoms with Gasteiger partial charge in [-0.15, -0.1) is 0 Å². The van der Waals surface area contributed by atoms with Crippen molar-refractivity contribution in [1.82, 2.24) is 9.78 Å². The lowest BCUT2D eigenvalue weighted by Crippen LogP contribution is -2.34. The summed E-state index contributed by atoms with van der Waals surface area (Å²) >= 11 is 0. The molecule has 1 heterocycles. The Morgan fingerprint density at radius 1 is 1.32 bits per heavy atom. The van der Waals surface area contributed by atoms with Crippen LogP contribution >= 0.6 is 0 Å².